The van der Waals surface area contributed by atoms with Gasteiger partial charge >= 0.3 is 0 Å². The van der Waals surface area contributed by atoms with Gasteiger partial charge in [-0.15, -0.1) is 41.4 Å². The van der Waals surface area contributed by atoms with Crippen molar-refractivity contribution >= 4 is 45.9 Å². The minimum Gasteiger partial charge on any atom is -0.345 e. The van der Waals surface area contributed by atoms with Crippen molar-refractivity contribution in [2.45, 2.75) is 25.0 Å². The van der Waals surface area contributed by atoms with E-state index in [0.29, 0.717) is 15.3 Å². The van der Waals surface area contributed by atoms with E-state index in [1.807, 2.05) is 47.1 Å². The number of nitrogens with one attached hydrogen (secondary N) is 1. The molecule has 150 valence electrons. The van der Waals surface area contributed by atoms with Gasteiger partial charge in [-0.1, -0.05) is 18.2 Å². The maximum Gasteiger partial charge on any atom is 0.257 e. The molecule has 4 nitrogen and oxygen atoms in total. The Balaban J connectivity index is 1.47. The van der Waals surface area contributed by atoms with Crippen LogP contribution >= 0.6 is 34.9 Å². The van der Waals surface area contributed by atoms with Gasteiger partial charge in [0.2, 0.25) is 0 Å². The summed E-state index contributed by atoms with van der Waals surface area (Å²) in [6, 6.07) is 10.1. The van der Waals surface area contributed by atoms with Crippen LogP contribution in [0, 0.1) is 13.8 Å². The zero-order valence-electron chi connectivity index (χ0n) is 16.5. The highest BCUT2D eigenvalue weighted by Gasteiger charge is 2.19. The lowest BCUT2D eigenvalue weighted by molar-refractivity contribution is 0.102. The molecule has 0 bridgehead atoms. The zero-order chi connectivity index (χ0) is 20.4. The number of carbonyl (C=O) groups excluding carboxylic acids is 1. The van der Waals surface area contributed by atoms with Crippen molar-refractivity contribution in [3.05, 3.63) is 70.9 Å². The summed E-state index contributed by atoms with van der Waals surface area (Å²) >= 11 is 5.38. The number of benzene rings is 1. The van der Waals surface area contributed by atoms with Gasteiger partial charge in [0.1, 0.15) is 0 Å². The number of carbonyl (C=O) groups is 1. The van der Waals surface area contributed by atoms with Crippen molar-refractivity contribution < 1.29 is 4.79 Å². The first-order valence-electron chi connectivity index (χ1n) is 9.45. The lowest BCUT2D eigenvalue weighted by atomic mass is 10.1. The molecule has 2 aromatic heterocycles. The van der Waals surface area contributed by atoms with Gasteiger partial charge in [-0.3, -0.25) is 10.1 Å². The third kappa shape index (κ3) is 4.32. The minimum atomic E-state index is -0.124. The van der Waals surface area contributed by atoms with E-state index in [-0.39, 0.29) is 5.91 Å². The van der Waals surface area contributed by atoms with Crippen molar-refractivity contribution in [1.82, 2.24) is 9.55 Å². The molecule has 1 aliphatic rings. The molecule has 3 heterocycles. The fourth-order valence-corrected chi connectivity index (χ4v) is 7.00. The number of anilines is 1. The zero-order valence-corrected chi connectivity index (χ0v) is 18.9. The predicted octanol–water partition coefficient (Wildman–Crippen LogP) is 6.15. The fourth-order valence-electron chi connectivity index (χ4n) is 3.44. The molecule has 1 N–H and O–H groups in total. The summed E-state index contributed by atoms with van der Waals surface area (Å²) < 4.78 is 2.70. The molecule has 0 radical (unpaired) electrons. The SMILES string of the molecule is C=CCn1c(C)cc(-c2csc(NC(=O)c3ccc(C4SCCS4)cc3)n2)c1C. The lowest BCUT2D eigenvalue weighted by Crippen LogP contribution is -2.11. The minimum absolute atomic E-state index is 0.124. The molecule has 0 unspecified atom stereocenters. The summed E-state index contributed by atoms with van der Waals surface area (Å²) in [6.45, 7) is 8.78. The van der Waals surface area contributed by atoms with E-state index in [1.54, 1.807) is 0 Å². The Morgan fingerprint density at radius 3 is 2.69 bits per heavy atom. The molecule has 0 aliphatic carbocycles. The van der Waals surface area contributed by atoms with Crippen LogP contribution in [0.25, 0.3) is 11.3 Å². The van der Waals surface area contributed by atoms with E-state index >= 15 is 0 Å². The highest BCUT2D eigenvalue weighted by atomic mass is 32.2. The number of rotatable bonds is 6. The molecule has 1 aliphatic heterocycles. The number of allylic oxidation sites excluding steroid dienone is 1. The second kappa shape index (κ2) is 8.81. The summed E-state index contributed by atoms with van der Waals surface area (Å²) in [5.74, 6) is 2.26. The molecular weight excluding hydrogens is 418 g/mol. The summed E-state index contributed by atoms with van der Waals surface area (Å²) in [4.78, 5) is 17.3. The summed E-state index contributed by atoms with van der Waals surface area (Å²) in [6.07, 6.45) is 1.89. The van der Waals surface area contributed by atoms with Crippen molar-refractivity contribution in [1.29, 1.82) is 0 Å². The molecular formula is C22H23N3OS3. The summed E-state index contributed by atoms with van der Waals surface area (Å²) in [5, 5.41) is 5.55. The Morgan fingerprint density at radius 1 is 1.28 bits per heavy atom. The van der Waals surface area contributed by atoms with Crippen LogP contribution in [0.15, 0.2) is 48.4 Å². The van der Waals surface area contributed by atoms with Gasteiger partial charge in [0.25, 0.3) is 5.91 Å². The van der Waals surface area contributed by atoms with Crippen molar-refractivity contribution in [3.8, 4) is 11.3 Å². The number of aromatic nitrogens is 2. The van der Waals surface area contributed by atoms with Gasteiger partial charge in [-0.2, -0.15) is 0 Å². The van der Waals surface area contributed by atoms with Crippen LogP contribution in [-0.4, -0.2) is 27.0 Å². The first-order chi connectivity index (χ1) is 14.1. The molecule has 3 aromatic rings. The molecule has 0 saturated carbocycles. The number of thioether (sulfide) groups is 2. The first kappa shape index (κ1) is 20.3. The van der Waals surface area contributed by atoms with Gasteiger partial charge < -0.3 is 4.57 Å². The third-order valence-corrected chi connectivity index (χ3v) is 8.81. The van der Waals surface area contributed by atoms with Crippen LogP contribution in [0.3, 0.4) is 0 Å². The second-order valence-corrected chi connectivity index (χ2v) is 10.5. The number of hydrogen-bond acceptors (Lipinski definition) is 5. The van der Waals surface area contributed by atoms with E-state index in [2.05, 4.69) is 53.5 Å². The first-order valence-corrected chi connectivity index (χ1v) is 12.4. The summed E-state index contributed by atoms with van der Waals surface area (Å²) in [7, 11) is 0. The van der Waals surface area contributed by atoms with Crippen LogP contribution in [0.4, 0.5) is 5.13 Å². The Morgan fingerprint density at radius 2 is 2.00 bits per heavy atom. The van der Waals surface area contributed by atoms with E-state index in [9.17, 15) is 4.79 Å². The van der Waals surface area contributed by atoms with Crippen LogP contribution in [-0.2, 0) is 6.54 Å². The molecule has 1 amide bonds. The Bertz CT molecular complexity index is 1030. The second-order valence-electron chi connectivity index (χ2n) is 6.87. The predicted molar refractivity (Wildman–Crippen MR) is 127 cm³/mol. The molecule has 1 saturated heterocycles. The average molecular weight is 442 g/mol. The van der Waals surface area contributed by atoms with Crippen molar-refractivity contribution in [2.75, 3.05) is 16.8 Å². The maximum absolute atomic E-state index is 12.6. The van der Waals surface area contributed by atoms with Gasteiger partial charge in [-0.05, 0) is 37.6 Å². The van der Waals surface area contributed by atoms with Gasteiger partial charge in [0, 0.05) is 45.9 Å². The number of nitrogens with zero attached hydrogens (tertiary/aromatic N) is 2. The normalized spacial score (nSPS) is 14.3. The largest absolute Gasteiger partial charge is 0.345 e. The van der Waals surface area contributed by atoms with Crippen LogP contribution < -0.4 is 5.32 Å². The van der Waals surface area contributed by atoms with E-state index < -0.39 is 0 Å². The highest BCUT2D eigenvalue weighted by Crippen LogP contribution is 2.45. The number of amides is 1. The van der Waals surface area contributed by atoms with Gasteiger partial charge in [0.15, 0.2) is 5.13 Å². The van der Waals surface area contributed by atoms with Gasteiger partial charge in [-0.25, -0.2) is 4.98 Å². The molecule has 1 fully saturated rings. The Kier molecular flexibility index (Phi) is 6.18. The van der Waals surface area contributed by atoms with Crippen LogP contribution in [0.1, 0.15) is 31.9 Å². The number of thiazole rings is 1. The molecule has 7 heteroatoms. The standard InChI is InChI=1S/C22H23N3OS3/c1-4-9-25-14(2)12-18(15(25)3)19-13-29-22(23-19)24-20(26)16-5-7-17(8-6-16)21-27-10-11-28-21/h4-8,12-13,21H,1,9-11H2,2-3H3,(H,23,24,26). The fraction of sp³-hybridized carbons (Fsp3) is 0.273. The van der Waals surface area contributed by atoms with E-state index in [0.717, 1.165) is 23.5 Å². The van der Waals surface area contributed by atoms with E-state index in [1.165, 1.54) is 34.1 Å². The smallest absolute Gasteiger partial charge is 0.257 e. The number of aryl methyl sites for hydroxylation is 1. The van der Waals surface area contributed by atoms with E-state index in [4.69, 9.17) is 0 Å². The van der Waals surface area contributed by atoms with Crippen molar-refractivity contribution in [2.24, 2.45) is 0 Å². The maximum atomic E-state index is 12.6. The molecule has 0 atom stereocenters. The third-order valence-electron chi connectivity index (χ3n) is 4.95. The molecule has 29 heavy (non-hydrogen) atoms. The Labute approximate surface area is 183 Å². The Hall–Kier alpha value is -1.96. The molecule has 4 rings (SSSR count). The lowest BCUT2D eigenvalue weighted by Gasteiger charge is -2.09. The van der Waals surface area contributed by atoms with Crippen LogP contribution in [0.5, 0.6) is 0 Å². The topological polar surface area (TPSA) is 46.9 Å². The highest BCUT2D eigenvalue weighted by molar-refractivity contribution is 8.19. The molecule has 1 aromatic carbocycles. The molecule has 0 spiro atoms. The van der Waals surface area contributed by atoms with Gasteiger partial charge in [0.05, 0.1) is 10.3 Å². The van der Waals surface area contributed by atoms with Crippen LogP contribution in [0.2, 0.25) is 0 Å². The number of hydrogen-bond donors (Lipinski definition) is 1. The monoisotopic (exact) mass is 441 g/mol. The quantitative estimate of drug-likeness (QED) is 0.466. The summed E-state index contributed by atoms with van der Waals surface area (Å²) in [5.41, 5.74) is 6.25. The average Bonchev–Trinajstić information content (AvgIpc) is 3.46. The van der Waals surface area contributed by atoms with Crippen molar-refractivity contribution in [3.63, 3.8) is 0 Å².